The first kappa shape index (κ1) is 20.1. The molecule has 0 saturated heterocycles. The summed E-state index contributed by atoms with van der Waals surface area (Å²) in [5.74, 6) is 0.170. The predicted molar refractivity (Wildman–Crippen MR) is 100 cm³/mol. The number of benzene rings is 1. The van der Waals surface area contributed by atoms with Crippen LogP contribution in [-0.2, 0) is 14.8 Å². The maximum atomic E-state index is 12.2. The first-order chi connectivity index (χ1) is 12.2. The molecule has 0 atom stereocenters. The third kappa shape index (κ3) is 5.37. The minimum absolute atomic E-state index is 0.0244. The standard InChI is InChI=1S/C13H15N5O5S3/c1-3-24-13-16-15-12(25-13)14-11(19)8-17(26(2,22)23)9-5-4-6-10(7-9)18(20)21/h4-7H,3,8H2,1-2H3,(H,14,15,19). The number of anilines is 2. The minimum atomic E-state index is -3.84. The molecule has 10 nitrogen and oxygen atoms in total. The summed E-state index contributed by atoms with van der Waals surface area (Å²) in [6, 6.07) is 5.05. The molecule has 1 aromatic carbocycles. The number of nitro benzene ring substituents is 1. The Morgan fingerprint density at radius 2 is 2.15 bits per heavy atom. The molecule has 140 valence electrons. The molecule has 13 heteroatoms. The van der Waals surface area contributed by atoms with E-state index >= 15 is 0 Å². The van der Waals surface area contributed by atoms with Crippen molar-refractivity contribution < 1.29 is 18.1 Å². The first-order valence-corrected chi connectivity index (χ1v) is 10.8. The van der Waals surface area contributed by atoms with Crippen molar-refractivity contribution in [3.63, 3.8) is 0 Å². The Hall–Kier alpha value is -2.25. The zero-order chi connectivity index (χ0) is 19.3. The molecule has 0 saturated carbocycles. The lowest BCUT2D eigenvalue weighted by Crippen LogP contribution is -2.37. The third-order valence-electron chi connectivity index (χ3n) is 2.94. The quantitative estimate of drug-likeness (QED) is 0.298. The van der Waals surface area contributed by atoms with Gasteiger partial charge in [0.1, 0.15) is 6.54 Å². The number of nitrogens with zero attached hydrogens (tertiary/aromatic N) is 4. The number of aromatic nitrogens is 2. The predicted octanol–water partition coefficient (Wildman–Crippen LogP) is 1.96. The van der Waals surface area contributed by atoms with Crippen LogP contribution in [0.2, 0.25) is 0 Å². The van der Waals surface area contributed by atoms with Gasteiger partial charge in [0.25, 0.3) is 5.69 Å². The van der Waals surface area contributed by atoms with Crippen LogP contribution in [0, 0.1) is 10.1 Å². The van der Waals surface area contributed by atoms with E-state index in [9.17, 15) is 23.3 Å². The van der Waals surface area contributed by atoms with Gasteiger partial charge in [0.05, 0.1) is 16.9 Å². The number of thioether (sulfide) groups is 1. The fourth-order valence-corrected chi connectivity index (χ4v) is 4.41. The Bertz CT molecular complexity index is 914. The molecule has 1 N–H and O–H groups in total. The second-order valence-corrected chi connectivity index (χ2v) is 9.30. The summed E-state index contributed by atoms with van der Waals surface area (Å²) >= 11 is 2.64. The van der Waals surface area contributed by atoms with Crippen LogP contribution in [0.25, 0.3) is 0 Å². The van der Waals surface area contributed by atoms with Gasteiger partial charge in [0.15, 0.2) is 4.34 Å². The van der Waals surface area contributed by atoms with Gasteiger partial charge >= 0.3 is 0 Å². The molecule has 1 heterocycles. The normalized spacial score (nSPS) is 11.2. The molecular formula is C13H15N5O5S3. The van der Waals surface area contributed by atoms with Crippen molar-refractivity contribution in [3.8, 4) is 0 Å². The van der Waals surface area contributed by atoms with Gasteiger partial charge in [-0.1, -0.05) is 36.1 Å². The molecule has 0 aliphatic heterocycles. The zero-order valence-electron chi connectivity index (χ0n) is 13.8. The summed E-state index contributed by atoms with van der Waals surface area (Å²) in [6.07, 6.45) is 0.917. The summed E-state index contributed by atoms with van der Waals surface area (Å²) in [7, 11) is -3.84. The van der Waals surface area contributed by atoms with Crippen molar-refractivity contribution in [3.05, 3.63) is 34.4 Å². The topological polar surface area (TPSA) is 135 Å². The summed E-state index contributed by atoms with van der Waals surface area (Å²) in [6.45, 7) is 1.41. The van der Waals surface area contributed by atoms with E-state index < -0.39 is 27.4 Å². The maximum Gasteiger partial charge on any atom is 0.271 e. The van der Waals surface area contributed by atoms with E-state index in [0.29, 0.717) is 4.34 Å². The van der Waals surface area contributed by atoms with Gasteiger partial charge < -0.3 is 0 Å². The molecule has 0 aliphatic rings. The van der Waals surface area contributed by atoms with E-state index in [1.54, 1.807) is 0 Å². The van der Waals surface area contributed by atoms with Gasteiger partial charge in [-0.25, -0.2) is 8.42 Å². The molecule has 0 unspecified atom stereocenters. The molecule has 0 radical (unpaired) electrons. The largest absolute Gasteiger partial charge is 0.299 e. The average Bonchev–Trinajstić information content (AvgIpc) is 2.99. The molecular weight excluding hydrogens is 402 g/mol. The van der Waals surface area contributed by atoms with Crippen LogP contribution in [0.3, 0.4) is 0 Å². The highest BCUT2D eigenvalue weighted by Crippen LogP contribution is 2.26. The van der Waals surface area contributed by atoms with E-state index in [1.807, 2.05) is 6.92 Å². The maximum absolute atomic E-state index is 12.2. The van der Waals surface area contributed by atoms with Crippen LogP contribution >= 0.6 is 23.1 Å². The lowest BCUT2D eigenvalue weighted by atomic mass is 10.3. The van der Waals surface area contributed by atoms with Gasteiger partial charge in [-0.05, 0) is 11.8 Å². The highest BCUT2D eigenvalue weighted by molar-refractivity contribution is 8.01. The molecule has 26 heavy (non-hydrogen) atoms. The Morgan fingerprint density at radius 1 is 1.42 bits per heavy atom. The number of carbonyl (C=O) groups excluding carboxylic acids is 1. The number of non-ortho nitro benzene ring substituents is 1. The molecule has 0 fully saturated rings. The fraction of sp³-hybridized carbons (Fsp3) is 0.308. The van der Waals surface area contributed by atoms with Crippen LogP contribution in [-0.4, -0.2) is 48.0 Å². The second kappa shape index (κ2) is 8.42. The van der Waals surface area contributed by atoms with Crippen LogP contribution in [0.4, 0.5) is 16.5 Å². The lowest BCUT2D eigenvalue weighted by Gasteiger charge is -2.21. The van der Waals surface area contributed by atoms with E-state index in [4.69, 9.17) is 0 Å². The number of nitro groups is 1. The van der Waals surface area contributed by atoms with Crippen molar-refractivity contribution >= 4 is 55.5 Å². The number of amides is 1. The fourth-order valence-electron chi connectivity index (χ4n) is 1.89. The highest BCUT2D eigenvalue weighted by atomic mass is 32.2. The Labute approximate surface area is 157 Å². The monoisotopic (exact) mass is 417 g/mol. The van der Waals surface area contributed by atoms with Crippen LogP contribution in [0.1, 0.15) is 6.92 Å². The number of nitrogens with one attached hydrogen (secondary N) is 1. The van der Waals surface area contributed by atoms with Gasteiger partial charge in [-0.2, -0.15) is 0 Å². The number of carbonyl (C=O) groups is 1. The Morgan fingerprint density at radius 3 is 2.77 bits per heavy atom. The van der Waals surface area contributed by atoms with Crippen molar-refractivity contribution in [1.29, 1.82) is 0 Å². The molecule has 0 aliphatic carbocycles. The summed E-state index contributed by atoms with van der Waals surface area (Å²) < 4.78 is 25.5. The number of sulfonamides is 1. The van der Waals surface area contributed by atoms with Crippen LogP contribution < -0.4 is 9.62 Å². The summed E-state index contributed by atoms with van der Waals surface area (Å²) in [5.41, 5.74) is -0.252. The average molecular weight is 417 g/mol. The van der Waals surface area contributed by atoms with Crippen molar-refractivity contribution in [2.24, 2.45) is 0 Å². The van der Waals surface area contributed by atoms with Crippen molar-refractivity contribution in [2.75, 3.05) is 28.2 Å². The summed E-state index contributed by atoms with van der Waals surface area (Å²) in [5, 5.41) is 21.3. The van der Waals surface area contributed by atoms with Crippen molar-refractivity contribution in [2.45, 2.75) is 11.3 Å². The molecule has 2 rings (SSSR count). The summed E-state index contributed by atoms with van der Waals surface area (Å²) in [4.78, 5) is 22.5. The Kier molecular flexibility index (Phi) is 6.50. The number of hydrogen-bond donors (Lipinski definition) is 1. The van der Waals surface area contributed by atoms with E-state index in [-0.39, 0.29) is 16.5 Å². The Balaban J connectivity index is 2.18. The number of hydrogen-bond acceptors (Lipinski definition) is 9. The van der Waals surface area contributed by atoms with Gasteiger partial charge in [0, 0.05) is 12.1 Å². The SMILES string of the molecule is CCSc1nnc(NC(=O)CN(c2cccc([N+](=O)[O-])c2)S(C)(=O)=O)s1. The first-order valence-electron chi connectivity index (χ1n) is 7.19. The van der Waals surface area contributed by atoms with E-state index in [1.165, 1.54) is 41.3 Å². The van der Waals surface area contributed by atoms with E-state index in [0.717, 1.165) is 22.4 Å². The minimum Gasteiger partial charge on any atom is -0.299 e. The highest BCUT2D eigenvalue weighted by Gasteiger charge is 2.23. The van der Waals surface area contributed by atoms with Gasteiger partial charge in [0.2, 0.25) is 21.1 Å². The smallest absolute Gasteiger partial charge is 0.271 e. The van der Waals surface area contributed by atoms with E-state index in [2.05, 4.69) is 15.5 Å². The van der Waals surface area contributed by atoms with Crippen molar-refractivity contribution in [1.82, 2.24) is 10.2 Å². The lowest BCUT2D eigenvalue weighted by molar-refractivity contribution is -0.384. The second-order valence-electron chi connectivity index (χ2n) is 4.90. The molecule has 2 aromatic rings. The van der Waals surface area contributed by atoms with Gasteiger partial charge in [-0.15, -0.1) is 10.2 Å². The van der Waals surface area contributed by atoms with Crippen LogP contribution in [0.15, 0.2) is 28.6 Å². The number of rotatable bonds is 8. The molecule has 0 bridgehead atoms. The third-order valence-corrected chi connectivity index (χ3v) is 5.93. The zero-order valence-corrected chi connectivity index (χ0v) is 16.2. The van der Waals surface area contributed by atoms with Crippen LogP contribution in [0.5, 0.6) is 0 Å². The molecule has 1 amide bonds. The molecule has 1 aromatic heterocycles. The molecule has 0 spiro atoms. The van der Waals surface area contributed by atoms with Gasteiger partial charge in [-0.3, -0.25) is 24.5 Å².